The molecule has 2 amide bonds. The first-order valence-electron chi connectivity index (χ1n) is 7.87. The van der Waals surface area contributed by atoms with Gasteiger partial charge in [-0.3, -0.25) is 9.59 Å². The Bertz CT molecular complexity index is 549. The molecule has 0 aliphatic carbocycles. The largest absolute Gasteiger partial charge is 0.340 e. The van der Waals surface area contributed by atoms with Crippen LogP contribution in [0.25, 0.3) is 0 Å². The summed E-state index contributed by atoms with van der Waals surface area (Å²) < 4.78 is 0. The van der Waals surface area contributed by atoms with Gasteiger partial charge in [-0.05, 0) is 37.6 Å². The van der Waals surface area contributed by atoms with E-state index in [0.717, 1.165) is 36.4 Å². The molecule has 2 rings (SSSR count). The fourth-order valence-corrected chi connectivity index (χ4v) is 2.63. The third-order valence-corrected chi connectivity index (χ3v) is 4.15. The Morgan fingerprint density at radius 3 is 2.45 bits per heavy atom. The predicted molar refractivity (Wildman–Crippen MR) is 87.9 cm³/mol. The van der Waals surface area contributed by atoms with Gasteiger partial charge in [-0.15, -0.1) is 0 Å². The maximum Gasteiger partial charge on any atom is 0.233 e. The van der Waals surface area contributed by atoms with Crippen LogP contribution in [0.1, 0.15) is 24.5 Å². The Morgan fingerprint density at radius 1 is 1.14 bits per heavy atom. The highest BCUT2D eigenvalue weighted by Gasteiger charge is 2.22. The van der Waals surface area contributed by atoms with Crippen molar-refractivity contribution in [2.75, 3.05) is 38.0 Å². The number of nitrogens with zero attached hydrogens (tertiary/aromatic N) is 2. The van der Waals surface area contributed by atoms with E-state index in [2.05, 4.69) is 17.1 Å². The molecule has 1 aliphatic rings. The van der Waals surface area contributed by atoms with Crippen LogP contribution in [0.2, 0.25) is 0 Å². The summed E-state index contributed by atoms with van der Waals surface area (Å²) >= 11 is 0. The minimum Gasteiger partial charge on any atom is -0.340 e. The van der Waals surface area contributed by atoms with Crippen molar-refractivity contribution in [3.05, 3.63) is 29.3 Å². The summed E-state index contributed by atoms with van der Waals surface area (Å²) in [4.78, 5) is 28.4. The molecule has 1 aromatic carbocycles. The van der Waals surface area contributed by atoms with Crippen molar-refractivity contribution < 1.29 is 9.59 Å². The van der Waals surface area contributed by atoms with E-state index in [9.17, 15) is 9.59 Å². The first-order chi connectivity index (χ1) is 10.5. The lowest BCUT2D eigenvalue weighted by Crippen LogP contribution is -2.49. The lowest BCUT2D eigenvalue weighted by molar-refractivity contribution is -0.136. The van der Waals surface area contributed by atoms with E-state index in [-0.39, 0.29) is 18.2 Å². The van der Waals surface area contributed by atoms with Gasteiger partial charge in [0.05, 0.1) is 0 Å². The minimum atomic E-state index is -0.239. The maximum atomic E-state index is 12.2. The second kappa shape index (κ2) is 7.40. The quantitative estimate of drug-likeness (QED) is 0.863. The molecule has 22 heavy (non-hydrogen) atoms. The third kappa shape index (κ3) is 4.31. The van der Waals surface area contributed by atoms with Crippen molar-refractivity contribution in [1.82, 2.24) is 9.80 Å². The van der Waals surface area contributed by atoms with Crippen LogP contribution in [-0.4, -0.2) is 54.3 Å². The summed E-state index contributed by atoms with van der Waals surface area (Å²) in [5.41, 5.74) is 2.87. The molecule has 1 heterocycles. The summed E-state index contributed by atoms with van der Waals surface area (Å²) in [6.07, 6.45) is -0.0838. The summed E-state index contributed by atoms with van der Waals surface area (Å²) in [5.74, 6) is -0.324. The molecule has 5 nitrogen and oxygen atoms in total. The third-order valence-electron chi connectivity index (χ3n) is 4.15. The molecule has 0 atom stereocenters. The smallest absolute Gasteiger partial charge is 0.233 e. The van der Waals surface area contributed by atoms with Crippen LogP contribution >= 0.6 is 0 Å². The number of anilines is 1. The number of aryl methyl sites for hydroxylation is 2. The number of hydrogen-bond donors (Lipinski definition) is 1. The number of hydrogen-bond acceptors (Lipinski definition) is 3. The van der Waals surface area contributed by atoms with Crippen LogP contribution < -0.4 is 5.32 Å². The van der Waals surface area contributed by atoms with E-state index in [1.54, 1.807) is 4.90 Å². The molecular weight excluding hydrogens is 278 g/mol. The average molecular weight is 303 g/mol. The van der Waals surface area contributed by atoms with Crippen LogP contribution in [0.3, 0.4) is 0 Å². The van der Waals surface area contributed by atoms with Crippen molar-refractivity contribution in [3.8, 4) is 0 Å². The van der Waals surface area contributed by atoms with Gasteiger partial charge in [0, 0.05) is 31.9 Å². The molecule has 1 aliphatic heterocycles. The number of benzene rings is 1. The molecule has 0 spiro atoms. The molecule has 5 heteroatoms. The first kappa shape index (κ1) is 16.5. The number of piperazine rings is 1. The Hall–Kier alpha value is -1.88. The lowest BCUT2D eigenvalue weighted by Gasteiger charge is -2.34. The normalized spacial score (nSPS) is 15.7. The Balaban J connectivity index is 1.86. The van der Waals surface area contributed by atoms with E-state index < -0.39 is 0 Å². The van der Waals surface area contributed by atoms with Crippen molar-refractivity contribution >= 4 is 17.5 Å². The fourth-order valence-electron chi connectivity index (χ4n) is 2.63. The summed E-state index contributed by atoms with van der Waals surface area (Å²) in [6.45, 7) is 10.3. The van der Waals surface area contributed by atoms with Gasteiger partial charge >= 0.3 is 0 Å². The van der Waals surface area contributed by atoms with Gasteiger partial charge in [0.1, 0.15) is 6.42 Å². The van der Waals surface area contributed by atoms with E-state index >= 15 is 0 Å². The zero-order chi connectivity index (χ0) is 16.1. The van der Waals surface area contributed by atoms with Crippen molar-refractivity contribution in [3.63, 3.8) is 0 Å². The zero-order valence-electron chi connectivity index (χ0n) is 13.7. The molecule has 120 valence electrons. The highest BCUT2D eigenvalue weighted by atomic mass is 16.2. The monoisotopic (exact) mass is 303 g/mol. The standard InChI is InChI=1S/C17H25N3O2/c1-4-19-7-9-20(10-8-19)17(22)12-16(21)18-15-11-13(2)5-6-14(15)3/h5-6,11H,4,7-10,12H2,1-3H3,(H,18,21). The fraction of sp³-hybridized carbons (Fsp3) is 0.529. The first-order valence-corrected chi connectivity index (χ1v) is 7.87. The number of rotatable bonds is 4. The van der Waals surface area contributed by atoms with Crippen molar-refractivity contribution in [2.24, 2.45) is 0 Å². The van der Waals surface area contributed by atoms with Gasteiger partial charge < -0.3 is 15.1 Å². The highest BCUT2D eigenvalue weighted by Crippen LogP contribution is 2.16. The number of nitrogens with one attached hydrogen (secondary N) is 1. The molecule has 1 N–H and O–H groups in total. The minimum absolute atomic E-state index is 0.0838. The van der Waals surface area contributed by atoms with Crippen LogP contribution in [-0.2, 0) is 9.59 Å². The van der Waals surface area contributed by atoms with Gasteiger partial charge in [-0.25, -0.2) is 0 Å². The number of amides is 2. The number of carbonyl (C=O) groups excluding carboxylic acids is 2. The van der Waals surface area contributed by atoms with E-state index in [4.69, 9.17) is 0 Å². The van der Waals surface area contributed by atoms with Gasteiger partial charge in [0.2, 0.25) is 11.8 Å². The van der Waals surface area contributed by atoms with E-state index in [1.165, 1.54) is 0 Å². The molecular formula is C17H25N3O2. The molecule has 0 unspecified atom stereocenters. The van der Waals surface area contributed by atoms with Gasteiger partial charge in [-0.2, -0.15) is 0 Å². The molecule has 0 radical (unpaired) electrons. The van der Waals surface area contributed by atoms with Crippen LogP contribution in [0.5, 0.6) is 0 Å². The Morgan fingerprint density at radius 2 is 1.82 bits per heavy atom. The van der Waals surface area contributed by atoms with E-state index in [0.29, 0.717) is 13.1 Å². The molecule has 0 saturated carbocycles. The molecule has 0 aromatic heterocycles. The topological polar surface area (TPSA) is 52.7 Å². The average Bonchev–Trinajstić information content (AvgIpc) is 2.51. The van der Waals surface area contributed by atoms with E-state index in [1.807, 2.05) is 32.0 Å². The molecule has 0 bridgehead atoms. The summed E-state index contributed by atoms with van der Waals surface area (Å²) in [6, 6.07) is 5.90. The van der Waals surface area contributed by atoms with Crippen LogP contribution in [0.4, 0.5) is 5.69 Å². The predicted octanol–water partition coefficient (Wildman–Crippen LogP) is 1.80. The van der Waals surface area contributed by atoms with Crippen molar-refractivity contribution in [2.45, 2.75) is 27.2 Å². The highest BCUT2D eigenvalue weighted by molar-refractivity contribution is 6.03. The zero-order valence-corrected chi connectivity index (χ0v) is 13.7. The van der Waals surface area contributed by atoms with Crippen LogP contribution in [0.15, 0.2) is 18.2 Å². The van der Waals surface area contributed by atoms with Gasteiger partial charge in [0.25, 0.3) is 0 Å². The molecule has 1 aromatic rings. The molecule has 1 saturated heterocycles. The summed E-state index contributed by atoms with van der Waals surface area (Å²) in [7, 11) is 0. The van der Waals surface area contributed by atoms with Gasteiger partial charge in [0.15, 0.2) is 0 Å². The maximum absolute atomic E-state index is 12.2. The Labute approximate surface area is 132 Å². The SMILES string of the molecule is CCN1CCN(C(=O)CC(=O)Nc2cc(C)ccc2C)CC1. The van der Waals surface area contributed by atoms with Gasteiger partial charge in [-0.1, -0.05) is 19.1 Å². The molecule has 1 fully saturated rings. The van der Waals surface area contributed by atoms with Crippen molar-refractivity contribution in [1.29, 1.82) is 0 Å². The second-order valence-electron chi connectivity index (χ2n) is 5.86. The lowest BCUT2D eigenvalue weighted by atomic mass is 10.1. The number of likely N-dealkylation sites (N-methyl/N-ethyl adjacent to an activating group) is 1. The number of carbonyl (C=O) groups is 2. The van der Waals surface area contributed by atoms with Crippen LogP contribution in [0, 0.1) is 13.8 Å². The second-order valence-corrected chi connectivity index (χ2v) is 5.86. The summed E-state index contributed by atoms with van der Waals surface area (Å²) in [5, 5.41) is 2.84. The Kier molecular flexibility index (Phi) is 5.55.